The molecule has 7 nitrogen and oxygen atoms in total. The molecular formula is C22H18Cl2F3N5O2. The van der Waals surface area contributed by atoms with Crippen LogP contribution in [0.5, 0.6) is 0 Å². The van der Waals surface area contributed by atoms with E-state index in [-0.39, 0.29) is 12.4 Å². The average Bonchev–Trinajstić information content (AvgIpc) is 3.35. The second kappa shape index (κ2) is 9.73. The largest absolute Gasteiger partial charge is 0.416 e. The molecule has 0 unspecified atom stereocenters. The molecule has 34 heavy (non-hydrogen) atoms. The Morgan fingerprint density at radius 2 is 1.71 bits per heavy atom. The van der Waals surface area contributed by atoms with Crippen molar-refractivity contribution in [2.45, 2.75) is 38.2 Å². The van der Waals surface area contributed by atoms with Gasteiger partial charge in [0.2, 0.25) is 0 Å². The van der Waals surface area contributed by atoms with E-state index in [4.69, 9.17) is 23.2 Å². The third-order valence-corrected chi connectivity index (χ3v) is 5.80. The maximum Gasteiger partial charge on any atom is 0.416 e. The number of aromatic nitrogens is 3. The van der Waals surface area contributed by atoms with Crippen LogP contribution >= 0.6 is 23.2 Å². The summed E-state index contributed by atoms with van der Waals surface area (Å²) in [5.41, 5.74) is 1.70. The van der Waals surface area contributed by atoms with Crippen LogP contribution in [0.3, 0.4) is 0 Å². The molecular weight excluding hydrogens is 494 g/mol. The third-order valence-electron chi connectivity index (χ3n) is 5.18. The van der Waals surface area contributed by atoms with Crippen molar-refractivity contribution in [2.75, 3.05) is 0 Å². The van der Waals surface area contributed by atoms with Crippen LogP contribution in [-0.4, -0.2) is 43.2 Å². The molecule has 0 fully saturated rings. The van der Waals surface area contributed by atoms with Crippen LogP contribution in [0.4, 0.5) is 13.2 Å². The fraction of sp³-hybridized carbons (Fsp3) is 0.273. The van der Waals surface area contributed by atoms with Gasteiger partial charge in [-0.3, -0.25) is 4.57 Å². The number of nitrogens with zero attached hydrogens (tertiary/aromatic N) is 5. The molecule has 1 atom stereocenters. The minimum absolute atomic E-state index is 0.0271. The second-order valence-electron chi connectivity index (χ2n) is 7.72. The van der Waals surface area contributed by atoms with Crippen molar-refractivity contribution < 1.29 is 18.3 Å². The Hall–Kier alpha value is -2.95. The molecule has 178 valence electrons. The molecule has 0 amide bonds. The highest BCUT2D eigenvalue weighted by molar-refractivity contribution is 6.31. The smallest absolute Gasteiger partial charge is 0.382 e. The minimum Gasteiger partial charge on any atom is -0.382 e. The van der Waals surface area contributed by atoms with Gasteiger partial charge in [-0.05, 0) is 35.9 Å². The van der Waals surface area contributed by atoms with E-state index in [2.05, 4.69) is 15.3 Å². The van der Waals surface area contributed by atoms with E-state index in [0.717, 1.165) is 20.5 Å². The first-order chi connectivity index (χ1) is 16.1. The van der Waals surface area contributed by atoms with Crippen molar-refractivity contribution in [1.29, 1.82) is 0 Å². The van der Waals surface area contributed by atoms with Crippen molar-refractivity contribution in [1.82, 2.24) is 14.3 Å². The topological polar surface area (TPSA) is 84.8 Å². The summed E-state index contributed by atoms with van der Waals surface area (Å²) in [5.74, 6) is -0.0271. The second-order valence-corrected chi connectivity index (χ2v) is 8.56. The molecule has 0 spiro atoms. The van der Waals surface area contributed by atoms with Crippen LogP contribution in [0.2, 0.25) is 10.0 Å². The Labute approximate surface area is 201 Å². The van der Waals surface area contributed by atoms with E-state index in [1.807, 2.05) is 18.2 Å². The van der Waals surface area contributed by atoms with Gasteiger partial charge in [0.15, 0.2) is 11.9 Å². The molecule has 1 aliphatic heterocycles. The zero-order valence-electron chi connectivity index (χ0n) is 17.5. The number of hydrogen-bond donors (Lipinski definition) is 1. The first-order valence-electron chi connectivity index (χ1n) is 10.1. The van der Waals surface area contributed by atoms with E-state index in [0.29, 0.717) is 34.2 Å². The summed E-state index contributed by atoms with van der Waals surface area (Å²) in [6.07, 6.45) is -6.78. The zero-order valence-corrected chi connectivity index (χ0v) is 19.0. The molecule has 0 saturated carbocycles. The highest BCUT2D eigenvalue weighted by Gasteiger charge is 2.39. The zero-order chi connectivity index (χ0) is 24.5. The highest BCUT2D eigenvalue weighted by Crippen LogP contribution is 2.24. The monoisotopic (exact) mass is 511 g/mol. The lowest BCUT2D eigenvalue weighted by Crippen LogP contribution is -2.37. The third kappa shape index (κ3) is 5.40. The maximum absolute atomic E-state index is 13.0. The molecule has 3 aromatic rings. The summed E-state index contributed by atoms with van der Waals surface area (Å²) in [5, 5.41) is 23.1. The molecule has 4 rings (SSSR count). The van der Waals surface area contributed by atoms with Gasteiger partial charge in [0.05, 0.1) is 24.5 Å². The number of aliphatic hydroxyl groups excluding tert-OH is 1. The van der Waals surface area contributed by atoms with Crippen LogP contribution in [0, 0.1) is 0 Å². The van der Waals surface area contributed by atoms with Crippen LogP contribution in [0.15, 0.2) is 63.5 Å². The predicted molar refractivity (Wildman–Crippen MR) is 124 cm³/mol. The summed E-state index contributed by atoms with van der Waals surface area (Å²) in [6.45, 7) is -1.06. The molecule has 12 heteroatoms. The van der Waals surface area contributed by atoms with Crippen LogP contribution in [0.25, 0.3) is 11.4 Å². The first kappa shape index (κ1) is 24.2. The molecule has 1 N–H and O–H groups in total. The maximum atomic E-state index is 13.0. The van der Waals surface area contributed by atoms with Gasteiger partial charge in [0.1, 0.15) is 0 Å². The standard InChI is InChI=1S/C22H18Cl2F3N5O2/c23-15-7-5-13(6-8-15)20-30-32(21(34)31(20)12-19(33)22(25,26)27)11-17-10-16(28-29-17)9-14-3-1-2-4-18(14)24/h1-8,19,33H,9-12H2/t19-/m0/s1. The Balaban J connectivity index is 1.57. The van der Waals surface area contributed by atoms with Gasteiger partial charge in [-0.15, -0.1) is 5.10 Å². The van der Waals surface area contributed by atoms with Gasteiger partial charge in [-0.25, -0.2) is 9.48 Å². The minimum atomic E-state index is -4.89. The molecule has 2 heterocycles. The lowest BCUT2D eigenvalue weighted by Gasteiger charge is -2.15. The molecule has 1 aromatic heterocycles. The summed E-state index contributed by atoms with van der Waals surface area (Å²) in [6, 6.07) is 13.4. The number of aliphatic hydroxyl groups is 1. The van der Waals surface area contributed by atoms with Crippen molar-refractivity contribution in [2.24, 2.45) is 10.2 Å². The normalized spacial score (nSPS) is 14.8. The van der Waals surface area contributed by atoms with Crippen LogP contribution in [-0.2, 0) is 19.5 Å². The number of halogens is 5. The lowest BCUT2D eigenvalue weighted by atomic mass is 10.0. The number of rotatable bonds is 7. The van der Waals surface area contributed by atoms with E-state index in [1.54, 1.807) is 6.07 Å². The van der Waals surface area contributed by atoms with Gasteiger partial charge in [0, 0.05) is 28.5 Å². The summed E-state index contributed by atoms with van der Waals surface area (Å²) in [4.78, 5) is 12.9. The van der Waals surface area contributed by atoms with E-state index in [9.17, 15) is 23.1 Å². The summed E-state index contributed by atoms with van der Waals surface area (Å²) in [7, 11) is 0. The molecule has 1 aliphatic rings. The molecule has 0 radical (unpaired) electrons. The van der Waals surface area contributed by atoms with E-state index < -0.39 is 24.5 Å². The van der Waals surface area contributed by atoms with Gasteiger partial charge >= 0.3 is 11.9 Å². The Kier molecular flexibility index (Phi) is 6.92. The van der Waals surface area contributed by atoms with Crippen LogP contribution in [0.1, 0.15) is 12.0 Å². The molecule has 0 aliphatic carbocycles. The Morgan fingerprint density at radius 1 is 1.03 bits per heavy atom. The lowest BCUT2D eigenvalue weighted by molar-refractivity contribution is -0.207. The SMILES string of the molecule is O=c1n(CC2=NN=C(Cc3ccccc3Cl)C2)nc(-c2ccc(Cl)cc2)n1C[C@H](O)C(F)(F)F. The van der Waals surface area contributed by atoms with Crippen LogP contribution < -0.4 is 5.69 Å². The molecule has 0 bridgehead atoms. The fourth-order valence-electron chi connectivity index (χ4n) is 3.47. The van der Waals surface area contributed by atoms with Gasteiger partial charge in [-0.1, -0.05) is 41.4 Å². The fourth-order valence-corrected chi connectivity index (χ4v) is 3.79. The van der Waals surface area contributed by atoms with Gasteiger partial charge in [-0.2, -0.15) is 23.4 Å². The highest BCUT2D eigenvalue weighted by atomic mass is 35.5. The van der Waals surface area contributed by atoms with Gasteiger partial charge < -0.3 is 5.11 Å². The van der Waals surface area contributed by atoms with Crippen molar-refractivity contribution >= 4 is 34.6 Å². The van der Waals surface area contributed by atoms with Crippen molar-refractivity contribution in [3.8, 4) is 11.4 Å². The number of benzene rings is 2. The Bertz CT molecular complexity index is 1310. The van der Waals surface area contributed by atoms with Crippen molar-refractivity contribution in [3.63, 3.8) is 0 Å². The first-order valence-corrected chi connectivity index (χ1v) is 10.9. The predicted octanol–water partition coefficient (Wildman–Crippen LogP) is 4.39. The van der Waals surface area contributed by atoms with Crippen molar-refractivity contribution in [3.05, 3.63) is 74.6 Å². The summed E-state index contributed by atoms with van der Waals surface area (Å²) >= 11 is 12.1. The quantitative estimate of drug-likeness (QED) is 0.510. The van der Waals surface area contributed by atoms with Gasteiger partial charge in [0.25, 0.3) is 0 Å². The molecule has 0 saturated heterocycles. The summed E-state index contributed by atoms with van der Waals surface area (Å²) < 4.78 is 40.8. The number of hydrogen-bond acceptors (Lipinski definition) is 5. The average molecular weight is 512 g/mol. The Morgan fingerprint density at radius 3 is 2.38 bits per heavy atom. The molecule has 2 aromatic carbocycles. The van der Waals surface area contributed by atoms with E-state index >= 15 is 0 Å². The van der Waals surface area contributed by atoms with E-state index in [1.165, 1.54) is 24.3 Å². The number of alkyl halides is 3.